The van der Waals surface area contributed by atoms with E-state index in [1.54, 1.807) is 20.0 Å². The van der Waals surface area contributed by atoms with Crippen LogP contribution in [0.5, 0.6) is 0 Å². The van der Waals surface area contributed by atoms with Crippen molar-refractivity contribution in [3.05, 3.63) is 32.8 Å². The highest BCUT2D eigenvalue weighted by Crippen LogP contribution is 2.32. The van der Waals surface area contributed by atoms with Gasteiger partial charge in [-0.1, -0.05) is 11.6 Å². The minimum absolute atomic E-state index is 0.00694. The predicted molar refractivity (Wildman–Crippen MR) is 52.4 cm³/mol. The van der Waals surface area contributed by atoms with Crippen LogP contribution < -0.4 is 5.32 Å². The lowest BCUT2D eigenvalue weighted by molar-refractivity contribution is -0.384. The number of halogens is 1. The summed E-state index contributed by atoms with van der Waals surface area (Å²) in [7, 11) is 1.60. The summed E-state index contributed by atoms with van der Waals surface area (Å²) in [4.78, 5) is 10.1. The van der Waals surface area contributed by atoms with Crippen molar-refractivity contribution < 1.29 is 4.92 Å². The molecule has 0 unspecified atom stereocenters. The Balaban J connectivity index is 3.38. The molecular weight excluding hydrogens is 192 g/mol. The maximum Gasteiger partial charge on any atom is 0.294 e. The molecule has 70 valence electrons. The molecule has 0 saturated carbocycles. The van der Waals surface area contributed by atoms with Crippen LogP contribution in [0.3, 0.4) is 0 Å². The highest BCUT2D eigenvalue weighted by atomic mass is 35.5. The number of rotatable bonds is 2. The van der Waals surface area contributed by atoms with Crippen LogP contribution in [0.15, 0.2) is 12.1 Å². The summed E-state index contributed by atoms with van der Waals surface area (Å²) >= 11 is 5.81. The fourth-order valence-electron chi connectivity index (χ4n) is 1.12. The molecule has 0 amide bonds. The van der Waals surface area contributed by atoms with Crippen molar-refractivity contribution in [3.63, 3.8) is 0 Å². The molecular formula is C8H9ClN2O2. The Morgan fingerprint density at radius 3 is 2.62 bits per heavy atom. The molecule has 0 radical (unpaired) electrons. The Labute approximate surface area is 80.7 Å². The molecule has 0 spiro atoms. The molecule has 1 aromatic carbocycles. The average molecular weight is 201 g/mol. The Morgan fingerprint density at radius 1 is 1.54 bits per heavy atom. The zero-order chi connectivity index (χ0) is 10.0. The van der Waals surface area contributed by atoms with Crippen LogP contribution in [0.2, 0.25) is 5.02 Å². The molecule has 0 bridgehead atoms. The van der Waals surface area contributed by atoms with E-state index in [1.165, 1.54) is 6.07 Å². The van der Waals surface area contributed by atoms with Crippen molar-refractivity contribution in [1.29, 1.82) is 0 Å². The third-order valence-electron chi connectivity index (χ3n) is 1.66. The molecule has 0 heterocycles. The highest BCUT2D eigenvalue weighted by Gasteiger charge is 2.16. The van der Waals surface area contributed by atoms with E-state index in [2.05, 4.69) is 5.32 Å². The molecule has 0 aromatic heterocycles. The van der Waals surface area contributed by atoms with Crippen LogP contribution in [-0.4, -0.2) is 12.0 Å². The van der Waals surface area contributed by atoms with Gasteiger partial charge in [-0.3, -0.25) is 10.1 Å². The van der Waals surface area contributed by atoms with Gasteiger partial charge in [-0.05, 0) is 18.6 Å². The Morgan fingerprint density at radius 2 is 2.15 bits per heavy atom. The van der Waals surface area contributed by atoms with Crippen molar-refractivity contribution >= 4 is 23.0 Å². The van der Waals surface area contributed by atoms with Gasteiger partial charge in [0.25, 0.3) is 5.69 Å². The fraction of sp³-hybridized carbons (Fsp3) is 0.250. The lowest BCUT2D eigenvalue weighted by Gasteiger charge is -2.05. The summed E-state index contributed by atoms with van der Waals surface area (Å²) in [6.07, 6.45) is 0. The first-order valence-electron chi connectivity index (χ1n) is 3.68. The van der Waals surface area contributed by atoms with Gasteiger partial charge in [0.15, 0.2) is 0 Å². The molecule has 0 atom stereocenters. The second-order valence-electron chi connectivity index (χ2n) is 2.65. The Kier molecular flexibility index (Phi) is 2.72. The van der Waals surface area contributed by atoms with E-state index in [1.807, 2.05) is 0 Å². The number of benzene rings is 1. The molecule has 0 fully saturated rings. The maximum atomic E-state index is 10.6. The molecule has 1 N–H and O–H groups in total. The smallest absolute Gasteiger partial charge is 0.294 e. The zero-order valence-electron chi connectivity index (χ0n) is 7.30. The zero-order valence-corrected chi connectivity index (χ0v) is 8.05. The normalized spacial score (nSPS) is 9.77. The summed E-state index contributed by atoms with van der Waals surface area (Å²) < 4.78 is 0. The van der Waals surface area contributed by atoms with E-state index >= 15 is 0 Å². The van der Waals surface area contributed by atoms with Crippen molar-refractivity contribution in [2.45, 2.75) is 6.92 Å². The standard InChI is InChI=1S/C8H9ClN2O2/c1-5-3-6(9)8(10-2)7(4-5)11(12)13/h3-4,10H,1-2H3. The van der Waals surface area contributed by atoms with Crippen LogP contribution in [0, 0.1) is 17.0 Å². The number of hydrogen-bond donors (Lipinski definition) is 1. The molecule has 4 nitrogen and oxygen atoms in total. The molecule has 0 aliphatic carbocycles. The van der Waals surface area contributed by atoms with Gasteiger partial charge in [-0.2, -0.15) is 0 Å². The molecule has 0 aliphatic rings. The lowest BCUT2D eigenvalue weighted by atomic mass is 10.2. The van der Waals surface area contributed by atoms with Gasteiger partial charge in [0.1, 0.15) is 5.69 Å². The third kappa shape index (κ3) is 1.89. The van der Waals surface area contributed by atoms with Gasteiger partial charge >= 0.3 is 0 Å². The number of nitro groups is 1. The summed E-state index contributed by atoms with van der Waals surface area (Å²) in [5.74, 6) is 0. The van der Waals surface area contributed by atoms with E-state index in [-0.39, 0.29) is 5.69 Å². The largest absolute Gasteiger partial charge is 0.381 e. The molecule has 5 heteroatoms. The van der Waals surface area contributed by atoms with Gasteiger partial charge in [-0.25, -0.2) is 0 Å². The van der Waals surface area contributed by atoms with Crippen molar-refractivity contribution in [3.8, 4) is 0 Å². The second kappa shape index (κ2) is 3.62. The number of nitrogens with one attached hydrogen (secondary N) is 1. The highest BCUT2D eigenvalue weighted by molar-refractivity contribution is 6.33. The monoisotopic (exact) mass is 200 g/mol. The van der Waals surface area contributed by atoms with Gasteiger partial charge in [0.05, 0.1) is 9.95 Å². The summed E-state index contributed by atoms with van der Waals surface area (Å²) in [5, 5.41) is 13.7. The Bertz CT molecular complexity index is 352. The molecule has 1 rings (SSSR count). The number of hydrogen-bond acceptors (Lipinski definition) is 3. The van der Waals surface area contributed by atoms with Gasteiger partial charge in [-0.15, -0.1) is 0 Å². The minimum Gasteiger partial charge on any atom is -0.381 e. The van der Waals surface area contributed by atoms with Crippen molar-refractivity contribution in [1.82, 2.24) is 0 Å². The minimum atomic E-state index is -0.454. The van der Waals surface area contributed by atoms with E-state index in [4.69, 9.17) is 11.6 Å². The quantitative estimate of drug-likeness (QED) is 0.590. The Hall–Kier alpha value is -1.29. The van der Waals surface area contributed by atoms with E-state index in [9.17, 15) is 10.1 Å². The average Bonchev–Trinajstić information content (AvgIpc) is 2.02. The van der Waals surface area contributed by atoms with E-state index in [0.717, 1.165) is 5.56 Å². The number of aryl methyl sites for hydroxylation is 1. The summed E-state index contributed by atoms with van der Waals surface area (Å²) in [5.41, 5.74) is 1.14. The molecule has 13 heavy (non-hydrogen) atoms. The van der Waals surface area contributed by atoms with Crippen LogP contribution in [0.4, 0.5) is 11.4 Å². The second-order valence-corrected chi connectivity index (χ2v) is 3.06. The first-order valence-corrected chi connectivity index (χ1v) is 4.06. The topological polar surface area (TPSA) is 55.2 Å². The number of anilines is 1. The lowest BCUT2D eigenvalue weighted by Crippen LogP contribution is -1.97. The number of nitro benzene ring substituents is 1. The predicted octanol–water partition coefficient (Wildman–Crippen LogP) is 2.60. The maximum absolute atomic E-state index is 10.6. The van der Waals surface area contributed by atoms with Crippen LogP contribution in [0.25, 0.3) is 0 Å². The van der Waals surface area contributed by atoms with E-state index in [0.29, 0.717) is 10.7 Å². The van der Waals surface area contributed by atoms with Crippen molar-refractivity contribution in [2.75, 3.05) is 12.4 Å². The van der Waals surface area contributed by atoms with E-state index < -0.39 is 4.92 Å². The van der Waals surface area contributed by atoms with Crippen molar-refractivity contribution in [2.24, 2.45) is 0 Å². The summed E-state index contributed by atoms with van der Waals surface area (Å²) in [6.45, 7) is 1.76. The van der Waals surface area contributed by atoms with Gasteiger partial charge in [0, 0.05) is 13.1 Å². The van der Waals surface area contributed by atoms with Gasteiger partial charge < -0.3 is 5.32 Å². The first-order chi connectivity index (χ1) is 6.06. The molecule has 1 aromatic rings. The van der Waals surface area contributed by atoms with Crippen LogP contribution in [-0.2, 0) is 0 Å². The SMILES string of the molecule is CNc1c(Cl)cc(C)cc1[N+](=O)[O-]. The fourth-order valence-corrected chi connectivity index (χ4v) is 1.48. The van der Waals surface area contributed by atoms with Crippen LogP contribution >= 0.6 is 11.6 Å². The number of nitrogens with zero attached hydrogens (tertiary/aromatic N) is 1. The van der Waals surface area contributed by atoms with Gasteiger partial charge in [0.2, 0.25) is 0 Å². The third-order valence-corrected chi connectivity index (χ3v) is 1.96. The summed E-state index contributed by atoms with van der Waals surface area (Å²) in [6, 6.07) is 3.16. The van der Waals surface area contributed by atoms with Crippen LogP contribution in [0.1, 0.15) is 5.56 Å². The molecule has 0 saturated heterocycles. The first kappa shape index (κ1) is 9.80. The molecule has 0 aliphatic heterocycles.